The smallest absolute Gasteiger partial charge is 0.341 e. The molecular formula is C17H14FN3O3. The Balaban J connectivity index is 2.06. The SMILES string of the molecule is Cc1ccn(-c2cc3c(cc2F)c(=O)c(C(=O)O)cn3C2CC2)n1. The zero-order valence-corrected chi connectivity index (χ0v) is 12.9. The van der Waals surface area contributed by atoms with Crippen LogP contribution in [0.4, 0.5) is 4.39 Å². The number of aromatic carboxylic acids is 1. The Bertz CT molecular complexity index is 1050. The van der Waals surface area contributed by atoms with E-state index in [9.17, 15) is 19.1 Å². The highest BCUT2D eigenvalue weighted by Gasteiger charge is 2.27. The van der Waals surface area contributed by atoms with Gasteiger partial charge in [-0.05, 0) is 38.0 Å². The summed E-state index contributed by atoms with van der Waals surface area (Å²) in [4.78, 5) is 23.7. The van der Waals surface area contributed by atoms with Crippen LogP contribution in [0.1, 0.15) is 34.9 Å². The van der Waals surface area contributed by atoms with Gasteiger partial charge in [-0.3, -0.25) is 4.79 Å². The van der Waals surface area contributed by atoms with Crippen LogP contribution in [0.3, 0.4) is 0 Å². The zero-order chi connectivity index (χ0) is 17.0. The third kappa shape index (κ3) is 2.20. The molecule has 1 N–H and O–H groups in total. The van der Waals surface area contributed by atoms with Crippen molar-refractivity contribution in [3.05, 3.63) is 57.9 Å². The van der Waals surface area contributed by atoms with E-state index in [0.717, 1.165) is 24.6 Å². The van der Waals surface area contributed by atoms with Crippen molar-refractivity contribution < 1.29 is 14.3 Å². The molecular weight excluding hydrogens is 313 g/mol. The predicted octanol–water partition coefficient (Wildman–Crippen LogP) is 2.67. The van der Waals surface area contributed by atoms with Crippen LogP contribution >= 0.6 is 0 Å². The molecule has 0 aliphatic heterocycles. The number of hydrogen-bond acceptors (Lipinski definition) is 3. The minimum Gasteiger partial charge on any atom is -0.477 e. The lowest BCUT2D eigenvalue weighted by Crippen LogP contribution is -2.19. The first-order chi connectivity index (χ1) is 11.5. The van der Waals surface area contributed by atoms with Gasteiger partial charge in [0.15, 0.2) is 0 Å². The molecule has 3 aromatic rings. The molecule has 0 amide bonds. The van der Waals surface area contributed by atoms with Crippen molar-refractivity contribution in [1.29, 1.82) is 0 Å². The Labute approximate surface area is 135 Å². The molecule has 2 aromatic heterocycles. The molecule has 0 atom stereocenters. The number of aryl methyl sites for hydroxylation is 1. The number of carboxylic acid groups (broad SMARTS) is 1. The van der Waals surface area contributed by atoms with E-state index in [1.807, 2.05) is 0 Å². The van der Waals surface area contributed by atoms with Crippen LogP contribution < -0.4 is 5.43 Å². The van der Waals surface area contributed by atoms with Crippen molar-refractivity contribution >= 4 is 16.9 Å². The first-order valence-electron chi connectivity index (χ1n) is 7.60. The van der Waals surface area contributed by atoms with E-state index in [4.69, 9.17) is 0 Å². The van der Waals surface area contributed by atoms with Gasteiger partial charge < -0.3 is 9.67 Å². The molecule has 2 heterocycles. The van der Waals surface area contributed by atoms with E-state index in [1.165, 1.54) is 10.9 Å². The molecule has 7 heteroatoms. The third-order valence-corrected chi connectivity index (χ3v) is 4.24. The number of hydrogen-bond donors (Lipinski definition) is 1. The van der Waals surface area contributed by atoms with Crippen LogP contribution in [0.2, 0.25) is 0 Å². The van der Waals surface area contributed by atoms with Crippen molar-refractivity contribution in [2.24, 2.45) is 0 Å². The van der Waals surface area contributed by atoms with Gasteiger partial charge in [-0.25, -0.2) is 13.9 Å². The highest BCUT2D eigenvalue weighted by Crippen LogP contribution is 2.37. The largest absolute Gasteiger partial charge is 0.477 e. The van der Waals surface area contributed by atoms with Gasteiger partial charge >= 0.3 is 5.97 Å². The van der Waals surface area contributed by atoms with E-state index >= 15 is 0 Å². The standard InChI is InChI=1S/C17H14FN3O3/c1-9-4-5-21(19-9)15-7-14-11(6-13(15)18)16(22)12(17(23)24)8-20(14)10-2-3-10/h4-8,10H,2-3H2,1H3,(H,23,24). The number of fused-ring (bicyclic) bond motifs is 1. The molecule has 1 aliphatic carbocycles. The van der Waals surface area contributed by atoms with Crippen LogP contribution in [0, 0.1) is 12.7 Å². The molecule has 0 radical (unpaired) electrons. The van der Waals surface area contributed by atoms with Gasteiger partial charge in [0.05, 0.1) is 11.2 Å². The van der Waals surface area contributed by atoms with Gasteiger partial charge in [0.25, 0.3) is 0 Å². The first kappa shape index (κ1) is 14.6. The number of carboxylic acids is 1. The van der Waals surface area contributed by atoms with Crippen molar-refractivity contribution in [1.82, 2.24) is 14.3 Å². The second-order valence-corrected chi connectivity index (χ2v) is 6.04. The lowest BCUT2D eigenvalue weighted by atomic mass is 10.1. The van der Waals surface area contributed by atoms with E-state index in [-0.39, 0.29) is 22.7 Å². The maximum atomic E-state index is 14.5. The third-order valence-electron chi connectivity index (χ3n) is 4.24. The number of aromatic nitrogens is 3. The molecule has 0 unspecified atom stereocenters. The Hall–Kier alpha value is -2.96. The monoisotopic (exact) mass is 327 g/mol. The topological polar surface area (TPSA) is 77.1 Å². The maximum absolute atomic E-state index is 14.5. The van der Waals surface area contributed by atoms with E-state index in [1.54, 1.807) is 29.8 Å². The fourth-order valence-electron chi connectivity index (χ4n) is 2.89. The maximum Gasteiger partial charge on any atom is 0.341 e. The quantitative estimate of drug-likeness (QED) is 0.802. The molecule has 4 rings (SSSR count). The lowest BCUT2D eigenvalue weighted by Gasteiger charge is -2.13. The Morgan fingerprint density at radius 3 is 2.71 bits per heavy atom. The average molecular weight is 327 g/mol. The molecule has 1 aromatic carbocycles. The van der Waals surface area contributed by atoms with Crippen molar-refractivity contribution in [3.8, 4) is 5.69 Å². The minimum atomic E-state index is -1.30. The Morgan fingerprint density at radius 1 is 1.38 bits per heavy atom. The van der Waals surface area contributed by atoms with Gasteiger partial charge in [-0.1, -0.05) is 0 Å². The van der Waals surface area contributed by atoms with Gasteiger partial charge in [-0.15, -0.1) is 0 Å². The number of nitrogens with zero attached hydrogens (tertiary/aromatic N) is 3. The number of benzene rings is 1. The summed E-state index contributed by atoms with van der Waals surface area (Å²) in [5.74, 6) is -1.92. The molecule has 0 spiro atoms. The Morgan fingerprint density at radius 2 is 2.12 bits per heavy atom. The molecule has 6 nitrogen and oxygen atoms in total. The van der Waals surface area contributed by atoms with Crippen LogP contribution in [0.5, 0.6) is 0 Å². The molecule has 122 valence electrons. The molecule has 0 saturated heterocycles. The average Bonchev–Trinajstić information content (AvgIpc) is 3.28. The minimum absolute atomic E-state index is 0.0759. The van der Waals surface area contributed by atoms with E-state index in [0.29, 0.717) is 5.52 Å². The fraction of sp³-hybridized carbons (Fsp3) is 0.235. The van der Waals surface area contributed by atoms with Gasteiger partial charge in [0.2, 0.25) is 5.43 Å². The normalized spacial score (nSPS) is 14.2. The summed E-state index contributed by atoms with van der Waals surface area (Å²) >= 11 is 0. The summed E-state index contributed by atoms with van der Waals surface area (Å²) in [5, 5.41) is 13.5. The van der Waals surface area contributed by atoms with E-state index < -0.39 is 17.2 Å². The van der Waals surface area contributed by atoms with Crippen LogP contribution in [-0.4, -0.2) is 25.4 Å². The van der Waals surface area contributed by atoms with Crippen molar-refractivity contribution in [2.45, 2.75) is 25.8 Å². The Kier molecular flexibility index (Phi) is 3.06. The number of carbonyl (C=O) groups is 1. The van der Waals surface area contributed by atoms with Crippen LogP contribution in [0.25, 0.3) is 16.6 Å². The highest BCUT2D eigenvalue weighted by molar-refractivity contribution is 5.93. The number of rotatable bonds is 3. The summed E-state index contributed by atoms with van der Waals surface area (Å²) in [6.07, 6.45) is 4.82. The summed E-state index contributed by atoms with van der Waals surface area (Å²) in [5.41, 5.74) is 0.493. The summed E-state index contributed by atoms with van der Waals surface area (Å²) in [7, 11) is 0. The molecule has 24 heavy (non-hydrogen) atoms. The van der Waals surface area contributed by atoms with Gasteiger partial charge in [-0.2, -0.15) is 5.10 Å². The van der Waals surface area contributed by atoms with Crippen molar-refractivity contribution in [2.75, 3.05) is 0 Å². The van der Waals surface area contributed by atoms with E-state index in [2.05, 4.69) is 5.10 Å². The van der Waals surface area contributed by atoms with Gasteiger partial charge in [0, 0.05) is 23.8 Å². The molecule has 1 fully saturated rings. The molecule has 1 aliphatic rings. The fourth-order valence-corrected chi connectivity index (χ4v) is 2.89. The van der Waals surface area contributed by atoms with Crippen molar-refractivity contribution in [3.63, 3.8) is 0 Å². The first-order valence-corrected chi connectivity index (χ1v) is 7.60. The lowest BCUT2D eigenvalue weighted by molar-refractivity contribution is 0.0695. The van der Waals surface area contributed by atoms with Crippen LogP contribution in [0.15, 0.2) is 35.4 Å². The predicted molar refractivity (Wildman–Crippen MR) is 85.3 cm³/mol. The molecule has 0 bridgehead atoms. The second-order valence-electron chi connectivity index (χ2n) is 6.04. The highest BCUT2D eigenvalue weighted by atomic mass is 19.1. The summed E-state index contributed by atoms with van der Waals surface area (Å²) in [6.45, 7) is 1.80. The number of pyridine rings is 1. The summed E-state index contributed by atoms with van der Waals surface area (Å²) < 4.78 is 17.7. The second kappa shape index (κ2) is 5.02. The van der Waals surface area contributed by atoms with Crippen LogP contribution in [-0.2, 0) is 0 Å². The molecule has 1 saturated carbocycles. The summed E-state index contributed by atoms with van der Waals surface area (Å²) in [6, 6.07) is 4.56. The number of halogens is 1. The van der Waals surface area contributed by atoms with Gasteiger partial charge in [0.1, 0.15) is 17.1 Å². The zero-order valence-electron chi connectivity index (χ0n) is 12.9.